The van der Waals surface area contributed by atoms with Gasteiger partial charge in [0, 0.05) is 26.1 Å². The molecule has 1 aromatic heterocycles. The van der Waals surface area contributed by atoms with Gasteiger partial charge in [-0.2, -0.15) is 0 Å². The first kappa shape index (κ1) is 19.8. The van der Waals surface area contributed by atoms with Gasteiger partial charge < -0.3 is 19.9 Å². The topological polar surface area (TPSA) is 76.4 Å². The summed E-state index contributed by atoms with van der Waals surface area (Å²) >= 11 is 0. The molecule has 2 aromatic rings. The van der Waals surface area contributed by atoms with Crippen molar-refractivity contribution in [2.75, 3.05) is 26.2 Å². The lowest BCUT2D eigenvalue weighted by molar-refractivity contribution is 0.322. The van der Waals surface area contributed by atoms with Crippen molar-refractivity contribution >= 4 is 5.96 Å². The van der Waals surface area contributed by atoms with Crippen LogP contribution in [0.1, 0.15) is 32.5 Å². The Morgan fingerprint density at radius 3 is 2.73 bits per heavy atom. The summed E-state index contributed by atoms with van der Waals surface area (Å²) in [6.45, 7) is 7.93. The highest BCUT2D eigenvalue weighted by molar-refractivity contribution is 5.79. The molecular formula is C19H30N6O. The van der Waals surface area contributed by atoms with Gasteiger partial charge in [-0.3, -0.25) is 4.99 Å². The number of rotatable bonds is 11. The first-order valence-electron chi connectivity index (χ1n) is 9.40. The average molecular weight is 358 g/mol. The number of hydrogen-bond acceptors (Lipinski definition) is 4. The maximum absolute atomic E-state index is 5.71. The van der Waals surface area contributed by atoms with Crippen molar-refractivity contribution in [3.63, 3.8) is 0 Å². The second-order valence-electron chi connectivity index (χ2n) is 5.89. The lowest BCUT2D eigenvalue weighted by atomic mass is 10.3. The minimum atomic E-state index is 0.587. The van der Waals surface area contributed by atoms with Crippen LogP contribution in [-0.2, 0) is 13.0 Å². The van der Waals surface area contributed by atoms with Crippen molar-refractivity contribution in [3.8, 4) is 5.75 Å². The van der Waals surface area contributed by atoms with Crippen molar-refractivity contribution in [2.24, 2.45) is 4.99 Å². The highest BCUT2D eigenvalue weighted by atomic mass is 16.5. The standard InChI is InChI=1S/C19H30N6O/c1-3-5-11-20-19(21-12-14-25-16-23-24-18(25)4-2)22-13-15-26-17-9-7-6-8-10-17/h6-10,16H,3-5,11-15H2,1-2H3,(H2,20,21,22). The number of hydrogen-bond donors (Lipinski definition) is 2. The number of aryl methyl sites for hydroxylation is 1. The smallest absolute Gasteiger partial charge is 0.191 e. The van der Waals surface area contributed by atoms with Gasteiger partial charge in [0.15, 0.2) is 5.96 Å². The summed E-state index contributed by atoms with van der Waals surface area (Å²) < 4.78 is 7.77. The van der Waals surface area contributed by atoms with Gasteiger partial charge in [0.1, 0.15) is 24.5 Å². The first-order chi connectivity index (χ1) is 12.8. The quantitative estimate of drug-likeness (QED) is 0.366. The largest absolute Gasteiger partial charge is 0.492 e. The molecule has 26 heavy (non-hydrogen) atoms. The van der Waals surface area contributed by atoms with Crippen molar-refractivity contribution in [2.45, 2.75) is 39.7 Å². The molecular weight excluding hydrogens is 328 g/mol. The van der Waals surface area contributed by atoms with E-state index in [2.05, 4.69) is 44.2 Å². The zero-order valence-corrected chi connectivity index (χ0v) is 15.8. The van der Waals surface area contributed by atoms with E-state index in [0.717, 1.165) is 56.4 Å². The van der Waals surface area contributed by atoms with Crippen LogP contribution in [0.2, 0.25) is 0 Å². The molecule has 0 aliphatic heterocycles. The third kappa shape index (κ3) is 7.13. The van der Waals surface area contributed by atoms with Gasteiger partial charge in [0.25, 0.3) is 0 Å². The first-order valence-corrected chi connectivity index (χ1v) is 9.40. The van der Waals surface area contributed by atoms with Crippen LogP contribution in [-0.4, -0.2) is 47.0 Å². The summed E-state index contributed by atoms with van der Waals surface area (Å²) in [5, 5.41) is 14.8. The van der Waals surface area contributed by atoms with Gasteiger partial charge in [-0.15, -0.1) is 10.2 Å². The minimum absolute atomic E-state index is 0.587. The lowest BCUT2D eigenvalue weighted by Crippen LogP contribution is -2.41. The van der Waals surface area contributed by atoms with Crippen LogP contribution in [0.15, 0.2) is 41.7 Å². The van der Waals surface area contributed by atoms with E-state index >= 15 is 0 Å². The number of aliphatic imine (C=N–C) groups is 1. The van der Waals surface area contributed by atoms with Crippen molar-refractivity contribution in [1.82, 2.24) is 25.4 Å². The summed E-state index contributed by atoms with van der Waals surface area (Å²) in [7, 11) is 0. The molecule has 0 unspecified atom stereocenters. The SMILES string of the molecule is CCCCN=C(NCCOc1ccccc1)NCCn1cnnc1CC. The second kappa shape index (κ2) is 11.9. The molecule has 0 fully saturated rings. The van der Waals surface area contributed by atoms with E-state index in [1.54, 1.807) is 6.33 Å². The third-order valence-corrected chi connectivity index (χ3v) is 3.85. The molecule has 0 atom stereocenters. The number of aromatic nitrogens is 3. The van der Waals surface area contributed by atoms with Crippen molar-refractivity contribution in [1.29, 1.82) is 0 Å². The molecule has 142 valence electrons. The molecule has 0 amide bonds. The number of nitrogens with one attached hydrogen (secondary N) is 2. The summed E-state index contributed by atoms with van der Waals surface area (Å²) in [6, 6.07) is 9.83. The molecule has 7 heteroatoms. The van der Waals surface area contributed by atoms with Gasteiger partial charge in [0.05, 0.1) is 6.54 Å². The van der Waals surface area contributed by atoms with Crippen LogP contribution < -0.4 is 15.4 Å². The Morgan fingerprint density at radius 2 is 1.96 bits per heavy atom. The minimum Gasteiger partial charge on any atom is -0.492 e. The molecule has 2 N–H and O–H groups in total. The van der Waals surface area contributed by atoms with Gasteiger partial charge in [0.2, 0.25) is 0 Å². The fourth-order valence-electron chi connectivity index (χ4n) is 2.41. The van der Waals surface area contributed by atoms with E-state index in [4.69, 9.17) is 4.74 Å². The van der Waals surface area contributed by atoms with Gasteiger partial charge in [-0.05, 0) is 18.6 Å². The summed E-state index contributed by atoms with van der Waals surface area (Å²) in [4.78, 5) is 4.62. The fourth-order valence-corrected chi connectivity index (χ4v) is 2.41. The van der Waals surface area contributed by atoms with Crippen LogP contribution in [0.5, 0.6) is 5.75 Å². The molecule has 0 bridgehead atoms. The Labute approximate surface area is 155 Å². The Kier molecular flexibility index (Phi) is 9.03. The molecule has 0 radical (unpaired) electrons. The van der Waals surface area contributed by atoms with E-state index in [-0.39, 0.29) is 0 Å². The predicted octanol–water partition coefficient (Wildman–Crippen LogP) is 2.25. The van der Waals surface area contributed by atoms with Crippen LogP contribution in [0.4, 0.5) is 0 Å². The van der Waals surface area contributed by atoms with Gasteiger partial charge >= 0.3 is 0 Å². The highest BCUT2D eigenvalue weighted by Gasteiger charge is 2.03. The molecule has 2 rings (SSSR count). The number of nitrogens with zero attached hydrogens (tertiary/aromatic N) is 4. The third-order valence-electron chi connectivity index (χ3n) is 3.85. The van der Waals surface area contributed by atoms with Gasteiger partial charge in [-0.1, -0.05) is 38.5 Å². The maximum Gasteiger partial charge on any atom is 0.191 e. The maximum atomic E-state index is 5.71. The molecule has 7 nitrogen and oxygen atoms in total. The van der Waals surface area contributed by atoms with Crippen LogP contribution in [0, 0.1) is 0 Å². The summed E-state index contributed by atoms with van der Waals surface area (Å²) in [5.41, 5.74) is 0. The molecule has 0 spiro atoms. The molecule has 0 saturated carbocycles. The van der Waals surface area contributed by atoms with E-state index in [1.807, 2.05) is 30.3 Å². The monoisotopic (exact) mass is 358 g/mol. The Bertz CT molecular complexity index is 640. The Morgan fingerprint density at radius 1 is 1.15 bits per heavy atom. The number of unbranched alkanes of at least 4 members (excludes halogenated alkanes) is 1. The van der Waals surface area contributed by atoms with Crippen LogP contribution >= 0.6 is 0 Å². The summed E-state index contributed by atoms with van der Waals surface area (Å²) in [5.74, 6) is 2.70. The Balaban J connectivity index is 1.74. The highest BCUT2D eigenvalue weighted by Crippen LogP contribution is 2.07. The van der Waals surface area contributed by atoms with Crippen molar-refractivity contribution in [3.05, 3.63) is 42.5 Å². The number of guanidine groups is 1. The molecule has 0 aliphatic carbocycles. The lowest BCUT2D eigenvalue weighted by Gasteiger charge is -2.14. The van der Waals surface area contributed by atoms with E-state index < -0.39 is 0 Å². The zero-order chi connectivity index (χ0) is 18.5. The average Bonchev–Trinajstić information content (AvgIpc) is 3.13. The molecule has 1 heterocycles. The number of para-hydroxylation sites is 1. The second-order valence-corrected chi connectivity index (χ2v) is 5.89. The van der Waals surface area contributed by atoms with E-state index in [9.17, 15) is 0 Å². The molecule has 0 aliphatic rings. The molecule has 1 aromatic carbocycles. The van der Waals surface area contributed by atoms with E-state index in [1.165, 1.54) is 0 Å². The number of ether oxygens (including phenoxy) is 1. The predicted molar refractivity (Wildman–Crippen MR) is 105 cm³/mol. The zero-order valence-electron chi connectivity index (χ0n) is 15.8. The van der Waals surface area contributed by atoms with Gasteiger partial charge in [-0.25, -0.2) is 0 Å². The van der Waals surface area contributed by atoms with Crippen molar-refractivity contribution < 1.29 is 4.74 Å². The normalized spacial score (nSPS) is 11.4. The fraction of sp³-hybridized carbons (Fsp3) is 0.526. The number of benzene rings is 1. The van der Waals surface area contributed by atoms with Crippen LogP contribution in [0.25, 0.3) is 0 Å². The van der Waals surface area contributed by atoms with E-state index in [0.29, 0.717) is 13.2 Å². The van der Waals surface area contributed by atoms with Crippen LogP contribution in [0.3, 0.4) is 0 Å². The molecule has 0 saturated heterocycles. The Hall–Kier alpha value is -2.57. The summed E-state index contributed by atoms with van der Waals surface area (Å²) in [6.07, 6.45) is 4.87.